The van der Waals surface area contributed by atoms with E-state index >= 15 is 0 Å². The molecule has 2 aliphatic heterocycles. The van der Waals surface area contributed by atoms with E-state index in [9.17, 15) is 0 Å². The number of piperidine rings is 1. The average molecular weight is 268 g/mol. The van der Waals surface area contributed by atoms with Crippen molar-refractivity contribution in [3.63, 3.8) is 0 Å². The molecule has 104 valence electrons. The van der Waals surface area contributed by atoms with Gasteiger partial charge >= 0.3 is 0 Å². The first-order valence-electron chi connectivity index (χ1n) is 7.62. The van der Waals surface area contributed by atoms with Gasteiger partial charge in [-0.1, -0.05) is 18.6 Å². The molecule has 2 unspecified atom stereocenters. The van der Waals surface area contributed by atoms with E-state index in [1.165, 1.54) is 38.8 Å². The van der Waals surface area contributed by atoms with E-state index in [0.717, 1.165) is 16.9 Å². The molecule has 0 spiro atoms. The predicted octanol–water partition coefficient (Wildman–Crippen LogP) is 2.67. The molecule has 4 heteroatoms. The van der Waals surface area contributed by atoms with E-state index in [1.54, 1.807) is 0 Å². The maximum Gasteiger partial charge on any atom is 0.145 e. The first-order chi connectivity index (χ1) is 9.90. The maximum atomic E-state index is 4.68. The minimum Gasteiger partial charge on any atom is -0.364 e. The summed E-state index contributed by atoms with van der Waals surface area (Å²) >= 11 is 0. The number of nitrogens with zero attached hydrogens (tertiary/aromatic N) is 3. The van der Waals surface area contributed by atoms with Crippen LogP contribution in [0.5, 0.6) is 0 Å². The van der Waals surface area contributed by atoms with Crippen LogP contribution < -0.4 is 5.32 Å². The van der Waals surface area contributed by atoms with Crippen molar-refractivity contribution in [3.8, 4) is 0 Å². The summed E-state index contributed by atoms with van der Waals surface area (Å²) in [7, 11) is 0. The van der Waals surface area contributed by atoms with Crippen LogP contribution in [-0.2, 0) is 0 Å². The summed E-state index contributed by atoms with van der Waals surface area (Å²) in [6.45, 7) is 2.50. The third-order valence-corrected chi connectivity index (χ3v) is 4.64. The molecule has 2 fully saturated rings. The van der Waals surface area contributed by atoms with Gasteiger partial charge in [-0.3, -0.25) is 9.88 Å². The molecule has 20 heavy (non-hydrogen) atoms. The highest BCUT2D eigenvalue weighted by molar-refractivity contribution is 5.75. The van der Waals surface area contributed by atoms with Crippen molar-refractivity contribution in [2.75, 3.05) is 18.4 Å². The molecule has 3 heterocycles. The van der Waals surface area contributed by atoms with Crippen molar-refractivity contribution in [3.05, 3.63) is 30.5 Å². The highest BCUT2D eigenvalue weighted by atomic mass is 15.2. The topological polar surface area (TPSA) is 41.1 Å². The van der Waals surface area contributed by atoms with Crippen LogP contribution in [0.1, 0.15) is 25.7 Å². The monoisotopic (exact) mass is 268 g/mol. The number of fused-ring (bicyclic) bond motifs is 2. The van der Waals surface area contributed by atoms with Gasteiger partial charge in [0, 0.05) is 18.6 Å². The molecule has 4 nitrogen and oxygen atoms in total. The van der Waals surface area contributed by atoms with Gasteiger partial charge in [-0.05, 0) is 37.9 Å². The lowest BCUT2D eigenvalue weighted by molar-refractivity contribution is 0.192. The highest BCUT2D eigenvalue weighted by Gasteiger charge is 2.35. The molecule has 1 aromatic carbocycles. The van der Waals surface area contributed by atoms with Gasteiger partial charge in [0.2, 0.25) is 0 Å². The van der Waals surface area contributed by atoms with Gasteiger partial charge in [0.15, 0.2) is 0 Å². The summed E-state index contributed by atoms with van der Waals surface area (Å²) in [5.74, 6) is 0.918. The zero-order valence-electron chi connectivity index (χ0n) is 11.6. The number of hydrogen-bond donors (Lipinski definition) is 1. The number of anilines is 1. The molecule has 2 saturated heterocycles. The Bertz CT molecular complexity index is 612. The van der Waals surface area contributed by atoms with E-state index in [-0.39, 0.29) is 0 Å². The molecule has 0 saturated carbocycles. The third kappa shape index (κ3) is 2.14. The summed E-state index contributed by atoms with van der Waals surface area (Å²) in [5.41, 5.74) is 1.93. The average Bonchev–Trinajstić information content (AvgIpc) is 2.91. The first-order valence-corrected chi connectivity index (χ1v) is 7.62. The van der Waals surface area contributed by atoms with Crippen molar-refractivity contribution in [1.82, 2.24) is 14.9 Å². The number of aromatic nitrogens is 2. The Hall–Kier alpha value is -1.68. The highest BCUT2D eigenvalue weighted by Crippen LogP contribution is 2.29. The van der Waals surface area contributed by atoms with Crippen molar-refractivity contribution in [2.24, 2.45) is 0 Å². The van der Waals surface area contributed by atoms with Gasteiger partial charge in [-0.25, -0.2) is 4.98 Å². The largest absolute Gasteiger partial charge is 0.364 e. The summed E-state index contributed by atoms with van der Waals surface area (Å²) in [5, 5.41) is 3.62. The predicted molar refractivity (Wildman–Crippen MR) is 80.8 cm³/mol. The van der Waals surface area contributed by atoms with Crippen molar-refractivity contribution in [1.29, 1.82) is 0 Å². The fraction of sp³-hybridized carbons (Fsp3) is 0.500. The van der Waals surface area contributed by atoms with Gasteiger partial charge in [0.05, 0.1) is 17.2 Å². The van der Waals surface area contributed by atoms with E-state index in [1.807, 2.05) is 30.5 Å². The molecule has 2 aliphatic rings. The molecule has 4 rings (SSSR count). The zero-order valence-corrected chi connectivity index (χ0v) is 11.6. The third-order valence-electron chi connectivity index (χ3n) is 4.64. The number of para-hydroxylation sites is 2. The van der Waals surface area contributed by atoms with Crippen molar-refractivity contribution in [2.45, 2.75) is 37.8 Å². The van der Waals surface area contributed by atoms with Crippen LogP contribution in [0.15, 0.2) is 30.5 Å². The number of rotatable bonds is 2. The Labute approximate surface area is 119 Å². The summed E-state index contributed by atoms with van der Waals surface area (Å²) < 4.78 is 0. The molecular formula is C16H20N4. The zero-order chi connectivity index (χ0) is 13.4. The SMILES string of the molecule is c1ccc2nc(NC3CCN4CCCCC34)cnc2c1. The van der Waals surface area contributed by atoms with Gasteiger partial charge in [0.25, 0.3) is 0 Å². The smallest absolute Gasteiger partial charge is 0.145 e. The molecule has 0 amide bonds. The molecule has 1 N–H and O–H groups in total. The summed E-state index contributed by atoms with van der Waals surface area (Å²) in [6.07, 6.45) is 7.13. The fourth-order valence-corrected chi connectivity index (χ4v) is 3.63. The lowest BCUT2D eigenvalue weighted by atomic mass is 9.99. The van der Waals surface area contributed by atoms with Crippen LogP contribution in [0.2, 0.25) is 0 Å². The molecule has 1 aromatic heterocycles. The second kappa shape index (κ2) is 5.02. The number of nitrogens with one attached hydrogen (secondary N) is 1. The second-order valence-electron chi connectivity index (χ2n) is 5.88. The van der Waals surface area contributed by atoms with Crippen LogP contribution >= 0.6 is 0 Å². The van der Waals surface area contributed by atoms with Gasteiger partial charge in [-0.15, -0.1) is 0 Å². The quantitative estimate of drug-likeness (QED) is 0.909. The van der Waals surface area contributed by atoms with E-state index in [0.29, 0.717) is 12.1 Å². The first kappa shape index (κ1) is 12.1. The van der Waals surface area contributed by atoms with Crippen LogP contribution in [0.3, 0.4) is 0 Å². The van der Waals surface area contributed by atoms with Gasteiger partial charge < -0.3 is 5.32 Å². The van der Waals surface area contributed by atoms with Gasteiger partial charge in [-0.2, -0.15) is 0 Å². The van der Waals surface area contributed by atoms with Crippen molar-refractivity contribution < 1.29 is 0 Å². The van der Waals surface area contributed by atoms with E-state index in [2.05, 4.69) is 20.2 Å². The summed E-state index contributed by atoms with van der Waals surface area (Å²) in [6, 6.07) is 9.27. The summed E-state index contributed by atoms with van der Waals surface area (Å²) in [4.78, 5) is 11.8. The standard InChI is InChI=1S/C16H20N4/c1-2-6-13-12(5-1)17-11-16(18-13)19-14-8-10-20-9-4-3-7-15(14)20/h1-2,5-6,11,14-15H,3-4,7-10H2,(H,18,19). The molecular weight excluding hydrogens is 248 g/mol. The van der Waals surface area contributed by atoms with Gasteiger partial charge in [0.1, 0.15) is 5.82 Å². The Morgan fingerprint density at radius 3 is 2.90 bits per heavy atom. The fourth-order valence-electron chi connectivity index (χ4n) is 3.63. The Balaban J connectivity index is 1.55. The van der Waals surface area contributed by atoms with E-state index < -0.39 is 0 Å². The number of benzene rings is 1. The number of hydrogen-bond acceptors (Lipinski definition) is 4. The molecule has 0 aliphatic carbocycles. The molecule has 0 radical (unpaired) electrons. The minimum absolute atomic E-state index is 0.533. The Morgan fingerprint density at radius 1 is 1.05 bits per heavy atom. The Kier molecular flexibility index (Phi) is 3.03. The minimum atomic E-state index is 0.533. The molecule has 2 atom stereocenters. The van der Waals surface area contributed by atoms with Crippen LogP contribution in [-0.4, -0.2) is 40.0 Å². The Morgan fingerprint density at radius 2 is 1.95 bits per heavy atom. The maximum absolute atomic E-state index is 4.68. The second-order valence-corrected chi connectivity index (χ2v) is 5.88. The van der Waals surface area contributed by atoms with Crippen molar-refractivity contribution >= 4 is 16.9 Å². The van der Waals surface area contributed by atoms with Crippen LogP contribution in [0, 0.1) is 0 Å². The van der Waals surface area contributed by atoms with E-state index in [4.69, 9.17) is 0 Å². The molecule has 2 aromatic rings. The van der Waals surface area contributed by atoms with Crippen LogP contribution in [0.4, 0.5) is 5.82 Å². The molecule has 0 bridgehead atoms. The van der Waals surface area contributed by atoms with Crippen LogP contribution in [0.25, 0.3) is 11.0 Å². The normalized spacial score (nSPS) is 26.6. The lowest BCUT2D eigenvalue weighted by Gasteiger charge is -2.32. The lowest BCUT2D eigenvalue weighted by Crippen LogP contribution is -2.41.